The summed E-state index contributed by atoms with van der Waals surface area (Å²) >= 11 is 0. The van der Waals surface area contributed by atoms with Crippen LogP contribution in [-0.2, 0) is 0 Å². The Morgan fingerprint density at radius 2 is 1.88 bits per heavy atom. The van der Waals surface area contributed by atoms with Gasteiger partial charge in [0.05, 0.1) is 0 Å². The van der Waals surface area contributed by atoms with E-state index in [4.69, 9.17) is 5.11 Å². The topological polar surface area (TPSA) is 52.5 Å². The van der Waals surface area contributed by atoms with Crippen LogP contribution in [0.2, 0.25) is 0 Å². The van der Waals surface area contributed by atoms with Crippen molar-refractivity contribution in [3.8, 4) is 0 Å². The van der Waals surface area contributed by atoms with Crippen molar-refractivity contribution < 1.29 is 10.2 Å². The van der Waals surface area contributed by atoms with E-state index in [0.29, 0.717) is 12.6 Å². The Bertz CT molecular complexity index is 179. The standard InChI is InChI=1S/C13H27NO2/c1-2-12(6-9-15)14-10-13(11-16)7-4-3-5-8-13/h12,14-16H,2-11H2,1H3. The van der Waals surface area contributed by atoms with Gasteiger partial charge in [0.15, 0.2) is 0 Å². The average Bonchev–Trinajstić information content (AvgIpc) is 2.35. The fourth-order valence-electron chi connectivity index (χ4n) is 2.66. The van der Waals surface area contributed by atoms with Gasteiger partial charge in [-0.25, -0.2) is 0 Å². The molecule has 1 unspecified atom stereocenters. The Labute approximate surface area is 99.3 Å². The minimum absolute atomic E-state index is 0.112. The molecule has 0 heterocycles. The van der Waals surface area contributed by atoms with Gasteiger partial charge in [0.1, 0.15) is 0 Å². The van der Waals surface area contributed by atoms with Crippen molar-refractivity contribution in [1.29, 1.82) is 0 Å². The SMILES string of the molecule is CCC(CCO)NCC1(CO)CCCCC1. The van der Waals surface area contributed by atoms with Crippen molar-refractivity contribution in [1.82, 2.24) is 5.32 Å². The molecule has 1 fully saturated rings. The van der Waals surface area contributed by atoms with Gasteiger partial charge in [0.25, 0.3) is 0 Å². The zero-order chi connectivity index (χ0) is 11.9. The van der Waals surface area contributed by atoms with Crippen molar-refractivity contribution in [3.05, 3.63) is 0 Å². The summed E-state index contributed by atoms with van der Waals surface area (Å²) in [5.41, 5.74) is 0.112. The number of hydrogen-bond donors (Lipinski definition) is 3. The lowest BCUT2D eigenvalue weighted by atomic mass is 9.74. The Balaban J connectivity index is 2.36. The van der Waals surface area contributed by atoms with Crippen LogP contribution in [0, 0.1) is 5.41 Å². The predicted octanol–water partition coefficient (Wildman–Crippen LogP) is 1.68. The Morgan fingerprint density at radius 1 is 1.19 bits per heavy atom. The molecule has 1 atom stereocenters. The first-order valence-electron chi connectivity index (χ1n) is 6.71. The Kier molecular flexibility index (Phi) is 6.32. The molecule has 0 aliphatic heterocycles. The van der Waals surface area contributed by atoms with E-state index in [0.717, 1.165) is 32.2 Å². The molecule has 3 heteroatoms. The molecule has 0 spiro atoms. The number of rotatable bonds is 7. The predicted molar refractivity (Wildman–Crippen MR) is 66.4 cm³/mol. The molecular weight excluding hydrogens is 202 g/mol. The summed E-state index contributed by atoms with van der Waals surface area (Å²) in [5, 5.41) is 22.0. The van der Waals surface area contributed by atoms with E-state index in [9.17, 15) is 5.11 Å². The molecule has 1 saturated carbocycles. The number of hydrogen-bond acceptors (Lipinski definition) is 3. The van der Waals surface area contributed by atoms with Crippen LogP contribution in [0.3, 0.4) is 0 Å². The summed E-state index contributed by atoms with van der Waals surface area (Å²) in [6.45, 7) is 3.59. The molecule has 0 amide bonds. The summed E-state index contributed by atoms with van der Waals surface area (Å²) < 4.78 is 0. The van der Waals surface area contributed by atoms with Gasteiger partial charge in [-0.1, -0.05) is 26.2 Å². The van der Waals surface area contributed by atoms with Crippen molar-refractivity contribution in [2.45, 2.75) is 57.9 Å². The van der Waals surface area contributed by atoms with Crippen LogP contribution in [0.1, 0.15) is 51.9 Å². The molecule has 3 nitrogen and oxygen atoms in total. The molecule has 0 aromatic heterocycles. The van der Waals surface area contributed by atoms with Crippen LogP contribution in [0.4, 0.5) is 0 Å². The van der Waals surface area contributed by atoms with E-state index in [-0.39, 0.29) is 12.0 Å². The molecule has 0 aromatic carbocycles. The van der Waals surface area contributed by atoms with Crippen LogP contribution in [0.25, 0.3) is 0 Å². The Hall–Kier alpha value is -0.120. The summed E-state index contributed by atoms with van der Waals surface area (Å²) in [6, 6.07) is 0.398. The fraction of sp³-hybridized carbons (Fsp3) is 1.00. The van der Waals surface area contributed by atoms with Gasteiger partial charge in [0, 0.05) is 31.2 Å². The van der Waals surface area contributed by atoms with Gasteiger partial charge in [-0.15, -0.1) is 0 Å². The van der Waals surface area contributed by atoms with Gasteiger partial charge >= 0.3 is 0 Å². The highest BCUT2D eigenvalue weighted by Crippen LogP contribution is 2.35. The minimum Gasteiger partial charge on any atom is -0.396 e. The van der Waals surface area contributed by atoms with Gasteiger partial charge in [-0.3, -0.25) is 0 Å². The first kappa shape index (κ1) is 13.9. The maximum atomic E-state index is 9.57. The molecule has 0 bridgehead atoms. The summed E-state index contributed by atoms with van der Waals surface area (Å²) in [7, 11) is 0. The van der Waals surface area contributed by atoms with Gasteiger partial charge in [-0.05, 0) is 25.7 Å². The molecule has 16 heavy (non-hydrogen) atoms. The molecule has 1 rings (SSSR count). The molecular formula is C13H27NO2. The smallest absolute Gasteiger partial charge is 0.0499 e. The quantitative estimate of drug-likeness (QED) is 0.622. The molecule has 1 aliphatic carbocycles. The zero-order valence-electron chi connectivity index (χ0n) is 10.5. The first-order chi connectivity index (χ1) is 7.76. The van der Waals surface area contributed by atoms with E-state index in [1.807, 2.05) is 0 Å². The van der Waals surface area contributed by atoms with Gasteiger partial charge in [0.2, 0.25) is 0 Å². The lowest BCUT2D eigenvalue weighted by molar-refractivity contribution is 0.0768. The van der Waals surface area contributed by atoms with Crippen molar-refractivity contribution in [2.75, 3.05) is 19.8 Å². The second kappa shape index (κ2) is 7.25. The molecule has 1 aliphatic rings. The van der Waals surface area contributed by atoms with Crippen molar-refractivity contribution >= 4 is 0 Å². The fourth-order valence-corrected chi connectivity index (χ4v) is 2.66. The van der Waals surface area contributed by atoms with E-state index < -0.39 is 0 Å². The van der Waals surface area contributed by atoms with Crippen LogP contribution < -0.4 is 5.32 Å². The minimum atomic E-state index is 0.112. The number of aliphatic hydroxyl groups excluding tert-OH is 2. The molecule has 96 valence electrons. The number of nitrogens with one attached hydrogen (secondary N) is 1. The lowest BCUT2D eigenvalue weighted by Crippen LogP contribution is -2.43. The van der Waals surface area contributed by atoms with Crippen LogP contribution in [0.5, 0.6) is 0 Å². The normalized spacial score (nSPS) is 21.9. The van der Waals surface area contributed by atoms with E-state index in [2.05, 4.69) is 12.2 Å². The lowest BCUT2D eigenvalue weighted by Gasteiger charge is -2.37. The second-order valence-corrected chi connectivity index (χ2v) is 5.22. The highest BCUT2D eigenvalue weighted by atomic mass is 16.3. The van der Waals surface area contributed by atoms with E-state index in [1.165, 1.54) is 19.3 Å². The largest absolute Gasteiger partial charge is 0.396 e. The molecule has 3 N–H and O–H groups in total. The summed E-state index contributed by atoms with van der Waals surface area (Å²) in [5.74, 6) is 0. The summed E-state index contributed by atoms with van der Waals surface area (Å²) in [4.78, 5) is 0. The maximum absolute atomic E-state index is 9.57. The van der Waals surface area contributed by atoms with E-state index >= 15 is 0 Å². The zero-order valence-corrected chi connectivity index (χ0v) is 10.5. The van der Waals surface area contributed by atoms with Crippen LogP contribution >= 0.6 is 0 Å². The Morgan fingerprint density at radius 3 is 2.38 bits per heavy atom. The third kappa shape index (κ3) is 4.04. The average molecular weight is 229 g/mol. The highest BCUT2D eigenvalue weighted by Gasteiger charge is 2.31. The van der Waals surface area contributed by atoms with Crippen molar-refractivity contribution in [3.63, 3.8) is 0 Å². The molecule has 0 radical (unpaired) electrons. The van der Waals surface area contributed by atoms with E-state index in [1.54, 1.807) is 0 Å². The second-order valence-electron chi connectivity index (χ2n) is 5.22. The molecule has 0 aromatic rings. The number of aliphatic hydroxyl groups is 2. The monoisotopic (exact) mass is 229 g/mol. The van der Waals surface area contributed by atoms with Gasteiger partial charge < -0.3 is 15.5 Å². The summed E-state index contributed by atoms with van der Waals surface area (Å²) in [6.07, 6.45) is 7.96. The van der Waals surface area contributed by atoms with Crippen LogP contribution in [0.15, 0.2) is 0 Å². The van der Waals surface area contributed by atoms with Crippen LogP contribution in [-0.4, -0.2) is 36.0 Å². The maximum Gasteiger partial charge on any atom is 0.0499 e. The van der Waals surface area contributed by atoms with Gasteiger partial charge in [-0.2, -0.15) is 0 Å². The highest BCUT2D eigenvalue weighted by molar-refractivity contribution is 4.85. The van der Waals surface area contributed by atoms with Crippen molar-refractivity contribution in [2.24, 2.45) is 5.41 Å². The third-order valence-corrected chi connectivity index (χ3v) is 3.99. The first-order valence-corrected chi connectivity index (χ1v) is 6.71. The third-order valence-electron chi connectivity index (χ3n) is 3.99. The molecule has 0 saturated heterocycles.